The monoisotopic (exact) mass is 610 g/mol. The smallest absolute Gasteiger partial charge is 0.282 e. The lowest BCUT2D eigenvalue weighted by Gasteiger charge is -2.27. The summed E-state index contributed by atoms with van der Waals surface area (Å²) < 4.78 is 18.3. The minimum Gasteiger partial charge on any atom is -0.493 e. The summed E-state index contributed by atoms with van der Waals surface area (Å²) in [6, 6.07) is 18.1. The number of aromatic nitrogens is 2. The lowest BCUT2D eigenvalue weighted by Crippen LogP contribution is -2.43. The Morgan fingerprint density at radius 3 is 2.62 bits per heavy atom. The molecule has 0 aliphatic carbocycles. The normalized spacial score (nSPS) is 13.7. The molecular weight excluding hydrogens is 588 g/mol. The van der Waals surface area contributed by atoms with E-state index in [0.717, 1.165) is 5.56 Å². The van der Waals surface area contributed by atoms with Gasteiger partial charge in [0.15, 0.2) is 23.9 Å². The fourth-order valence-corrected chi connectivity index (χ4v) is 4.80. The van der Waals surface area contributed by atoms with Crippen molar-refractivity contribution < 1.29 is 19.0 Å². The number of ether oxygens (including phenoxy) is 3. The molecule has 2 heterocycles. The van der Waals surface area contributed by atoms with Gasteiger partial charge in [-0.2, -0.15) is 9.78 Å². The van der Waals surface area contributed by atoms with E-state index in [1.54, 1.807) is 29.2 Å². The van der Waals surface area contributed by atoms with Crippen LogP contribution in [0.5, 0.6) is 11.5 Å². The lowest BCUT2D eigenvalue weighted by molar-refractivity contribution is -0.137. The fourth-order valence-electron chi connectivity index (χ4n) is 4.15. The molecule has 0 radical (unpaired) electrons. The number of amides is 1. The summed E-state index contributed by atoms with van der Waals surface area (Å²) in [5, 5.41) is 5.15. The molecule has 0 spiro atoms. The topological polar surface area (TPSA) is 95.2 Å². The van der Waals surface area contributed by atoms with E-state index in [1.165, 1.54) is 18.0 Å². The first-order chi connectivity index (χ1) is 19.0. The van der Waals surface area contributed by atoms with Gasteiger partial charge in [-0.15, -0.1) is 0 Å². The Morgan fingerprint density at radius 1 is 1.15 bits per heavy atom. The first-order valence-electron chi connectivity index (χ1n) is 12.1. The Kier molecular flexibility index (Phi) is 8.25. The molecule has 1 saturated heterocycles. The average Bonchev–Trinajstić information content (AvgIpc) is 2.98. The Balaban J connectivity index is 1.50. The zero-order valence-electron chi connectivity index (χ0n) is 21.0. The number of morpholine rings is 1. The van der Waals surface area contributed by atoms with Gasteiger partial charge in [0.1, 0.15) is 5.02 Å². The molecule has 9 nitrogen and oxygen atoms in total. The van der Waals surface area contributed by atoms with Crippen LogP contribution >= 0.6 is 27.5 Å². The fraction of sp³-hybridized carbons (Fsp3) is 0.214. The van der Waals surface area contributed by atoms with Crippen LogP contribution in [-0.4, -0.2) is 66.7 Å². The molecule has 1 amide bonds. The highest BCUT2D eigenvalue weighted by Gasteiger charge is 2.21. The van der Waals surface area contributed by atoms with Gasteiger partial charge in [0.25, 0.3) is 11.5 Å². The molecule has 0 bridgehead atoms. The largest absolute Gasteiger partial charge is 0.493 e. The molecule has 1 fully saturated rings. The standard InChI is InChI=1S/C28H24BrClN4O5/c1-37-22-15-19(24(29)25(30)26(22)39-17-23(35)33-11-13-38-14-12-33)16-31-34-27(18-7-3-2-4-8-18)32-21-10-6-5-9-20(21)28(34)36/h2-10,15-16H,11-14,17H2,1H3. The molecular formula is C28H24BrClN4O5. The highest BCUT2D eigenvalue weighted by atomic mass is 79.9. The number of methoxy groups -OCH3 is 1. The van der Waals surface area contributed by atoms with Crippen LogP contribution in [0.25, 0.3) is 22.3 Å². The van der Waals surface area contributed by atoms with Crippen LogP contribution in [0, 0.1) is 0 Å². The van der Waals surface area contributed by atoms with Crippen LogP contribution in [-0.2, 0) is 9.53 Å². The van der Waals surface area contributed by atoms with Crippen molar-refractivity contribution in [3.05, 3.63) is 86.1 Å². The van der Waals surface area contributed by atoms with Gasteiger partial charge < -0.3 is 19.1 Å². The number of rotatable bonds is 7. The minimum atomic E-state index is -0.313. The third-order valence-electron chi connectivity index (χ3n) is 6.18. The molecule has 1 aliphatic heterocycles. The molecule has 0 unspecified atom stereocenters. The number of nitrogens with zero attached hydrogens (tertiary/aromatic N) is 4. The van der Waals surface area contributed by atoms with E-state index in [9.17, 15) is 9.59 Å². The van der Waals surface area contributed by atoms with Crippen LogP contribution in [0.2, 0.25) is 5.02 Å². The van der Waals surface area contributed by atoms with Crippen LogP contribution in [0.3, 0.4) is 0 Å². The van der Waals surface area contributed by atoms with Gasteiger partial charge in [0.05, 0.1) is 37.4 Å². The van der Waals surface area contributed by atoms with E-state index in [-0.39, 0.29) is 28.8 Å². The summed E-state index contributed by atoms with van der Waals surface area (Å²) >= 11 is 10.1. The Morgan fingerprint density at radius 2 is 1.87 bits per heavy atom. The highest BCUT2D eigenvalue weighted by Crippen LogP contribution is 2.42. The average molecular weight is 612 g/mol. The Hall–Kier alpha value is -3.73. The van der Waals surface area contributed by atoms with Crippen molar-refractivity contribution in [3.63, 3.8) is 0 Å². The molecule has 4 aromatic rings. The second kappa shape index (κ2) is 12.0. The second-order valence-electron chi connectivity index (χ2n) is 8.59. The van der Waals surface area contributed by atoms with E-state index >= 15 is 0 Å². The number of carbonyl (C=O) groups excluding carboxylic acids is 1. The van der Waals surface area contributed by atoms with Gasteiger partial charge in [-0.1, -0.05) is 54.1 Å². The molecule has 0 atom stereocenters. The summed E-state index contributed by atoms with van der Waals surface area (Å²) in [6.07, 6.45) is 1.49. The van der Waals surface area contributed by atoms with Crippen molar-refractivity contribution in [1.82, 2.24) is 14.6 Å². The molecule has 5 rings (SSSR count). The van der Waals surface area contributed by atoms with Crippen molar-refractivity contribution >= 4 is 50.6 Å². The van der Waals surface area contributed by atoms with Crippen molar-refractivity contribution in [2.45, 2.75) is 0 Å². The number of para-hydroxylation sites is 1. The van der Waals surface area contributed by atoms with Crippen LogP contribution in [0.15, 0.2) is 75.0 Å². The van der Waals surface area contributed by atoms with E-state index in [2.05, 4.69) is 21.0 Å². The van der Waals surface area contributed by atoms with Crippen LogP contribution in [0.4, 0.5) is 0 Å². The van der Waals surface area contributed by atoms with Crippen molar-refractivity contribution in [3.8, 4) is 22.9 Å². The molecule has 0 saturated carbocycles. The zero-order chi connectivity index (χ0) is 27.4. The lowest BCUT2D eigenvalue weighted by atomic mass is 10.2. The predicted molar refractivity (Wildman–Crippen MR) is 153 cm³/mol. The van der Waals surface area contributed by atoms with Crippen LogP contribution in [0.1, 0.15) is 5.56 Å². The van der Waals surface area contributed by atoms with Gasteiger partial charge in [-0.05, 0) is 34.1 Å². The first kappa shape index (κ1) is 26.9. The number of benzene rings is 3. The first-order valence-corrected chi connectivity index (χ1v) is 13.3. The Bertz CT molecular complexity index is 1600. The zero-order valence-corrected chi connectivity index (χ0v) is 23.3. The maximum Gasteiger partial charge on any atom is 0.282 e. The van der Waals surface area contributed by atoms with Crippen molar-refractivity contribution in [2.24, 2.45) is 5.10 Å². The molecule has 1 aromatic heterocycles. The minimum absolute atomic E-state index is 0.171. The number of hydrogen-bond acceptors (Lipinski definition) is 7. The maximum atomic E-state index is 13.4. The van der Waals surface area contributed by atoms with Gasteiger partial charge in [0.2, 0.25) is 0 Å². The number of fused-ring (bicyclic) bond motifs is 1. The third-order valence-corrected chi connectivity index (χ3v) is 7.62. The molecule has 3 aromatic carbocycles. The van der Waals surface area contributed by atoms with Gasteiger partial charge in [-0.3, -0.25) is 9.59 Å². The summed E-state index contributed by atoms with van der Waals surface area (Å²) in [5.41, 5.74) is 1.53. The van der Waals surface area contributed by atoms with Crippen molar-refractivity contribution in [1.29, 1.82) is 0 Å². The van der Waals surface area contributed by atoms with E-state index in [1.807, 2.05) is 36.4 Å². The highest BCUT2D eigenvalue weighted by molar-refractivity contribution is 9.10. The van der Waals surface area contributed by atoms with Gasteiger partial charge in [-0.25, -0.2) is 4.98 Å². The molecule has 200 valence electrons. The summed E-state index contributed by atoms with van der Waals surface area (Å²) in [5.74, 6) is 0.757. The summed E-state index contributed by atoms with van der Waals surface area (Å²) in [4.78, 5) is 32.4. The molecule has 39 heavy (non-hydrogen) atoms. The summed E-state index contributed by atoms with van der Waals surface area (Å²) in [7, 11) is 1.47. The van der Waals surface area contributed by atoms with E-state index < -0.39 is 0 Å². The number of halogens is 2. The van der Waals surface area contributed by atoms with Crippen LogP contribution < -0.4 is 15.0 Å². The summed E-state index contributed by atoms with van der Waals surface area (Å²) in [6.45, 7) is 1.82. The second-order valence-corrected chi connectivity index (χ2v) is 9.76. The number of hydrogen-bond donors (Lipinski definition) is 0. The number of carbonyl (C=O) groups is 1. The van der Waals surface area contributed by atoms with E-state index in [4.69, 9.17) is 30.8 Å². The Labute approximate surface area is 237 Å². The molecule has 0 N–H and O–H groups in total. The molecule has 11 heteroatoms. The van der Waals surface area contributed by atoms with Gasteiger partial charge >= 0.3 is 0 Å². The van der Waals surface area contributed by atoms with Gasteiger partial charge in [0, 0.05) is 28.7 Å². The third kappa shape index (κ3) is 5.68. The quantitative estimate of drug-likeness (QED) is 0.284. The molecule has 1 aliphatic rings. The maximum absolute atomic E-state index is 13.4. The SMILES string of the molecule is COc1cc(C=Nn2c(-c3ccccc3)nc3ccccc3c2=O)c(Br)c(Cl)c1OCC(=O)N1CCOCC1. The van der Waals surface area contributed by atoms with Crippen molar-refractivity contribution in [2.75, 3.05) is 40.0 Å². The van der Waals surface area contributed by atoms with E-state index in [0.29, 0.717) is 58.8 Å². The predicted octanol–water partition coefficient (Wildman–Crippen LogP) is 4.61.